The van der Waals surface area contributed by atoms with Crippen LogP contribution in [-0.4, -0.2) is 40.7 Å². The van der Waals surface area contributed by atoms with Gasteiger partial charge in [0.05, 0.1) is 30.6 Å². The fourth-order valence-corrected chi connectivity index (χ4v) is 3.20. The molecular weight excluding hydrogens is 473 g/mol. The first-order chi connectivity index (χ1) is 15.5. The summed E-state index contributed by atoms with van der Waals surface area (Å²) in [4.78, 5) is 26.4. The molecule has 2 aromatic carbocycles. The number of anilines is 3. The summed E-state index contributed by atoms with van der Waals surface area (Å²) in [7, 11) is 3.14. The maximum absolute atomic E-state index is 11.5. The third-order valence-corrected chi connectivity index (χ3v) is 4.68. The third-order valence-electron chi connectivity index (χ3n) is 4.68. The van der Waals surface area contributed by atoms with Crippen LogP contribution in [0, 0.1) is 0 Å². The van der Waals surface area contributed by atoms with Crippen molar-refractivity contribution >= 4 is 39.5 Å². The number of benzene rings is 2. The Bertz CT molecular complexity index is 1280. The van der Waals surface area contributed by atoms with Crippen molar-refractivity contribution in [2.24, 2.45) is 0 Å². The predicted molar refractivity (Wildman–Crippen MR) is 134 cm³/mol. The van der Waals surface area contributed by atoms with E-state index in [2.05, 4.69) is 32.2 Å². The quantitative estimate of drug-likeness (QED) is 0.288. The zero-order chi connectivity index (χ0) is 23.1. The van der Waals surface area contributed by atoms with E-state index in [1.807, 2.05) is 18.2 Å². The molecule has 6 N–H and O–H groups in total. The van der Waals surface area contributed by atoms with Crippen LogP contribution in [-0.2, 0) is 18.6 Å². The van der Waals surface area contributed by atoms with Gasteiger partial charge in [0.2, 0.25) is 11.9 Å². The molecule has 10 nitrogen and oxygen atoms in total. The van der Waals surface area contributed by atoms with E-state index < -0.39 is 0 Å². The van der Waals surface area contributed by atoms with Crippen LogP contribution in [0.5, 0.6) is 11.5 Å². The number of hydrogen-bond acceptors (Lipinski definition) is 9. The second kappa shape index (κ2) is 13.3. The molecule has 0 aliphatic carbocycles. The zero-order valence-corrected chi connectivity index (χ0v) is 20.2. The van der Waals surface area contributed by atoms with Crippen molar-refractivity contribution in [2.45, 2.75) is 27.2 Å². The minimum Gasteiger partial charge on any atom is -0.496 e. The molecule has 1 radical (unpaired) electrons. The number of nitrogens with zero attached hydrogens (tertiary/aromatic N) is 3. The van der Waals surface area contributed by atoms with Gasteiger partial charge in [0.1, 0.15) is 22.7 Å². The summed E-state index contributed by atoms with van der Waals surface area (Å²) in [6, 6.07) is 10.9. The number of hydrogen-bond donors (Lipinski definition) is 4. The normalized spacial score (nSPS) is 9.85. The summed E-state index contributed by atoms with van der Waals surface area (Å²) in [5.74, 6) is 2.37. The molecule has 0 saturated heterocycles. The van der Waals surface area contributed by atoms with E-state index in [4.69, 9.17) is 20.9 Å². The van der Waals surface area contributed by atoms with Gasteiger partial charge in [0.15, 0.2) is 0 Å². The summed E-state index contributed by atoms with van der Waals surface area (Å²) in [6.45, 7) is 3.01. The topological polar surface area (TPSA) is 154 Å². The van der Waals surface area contributed by atoms with Gasteiger partial charge in [-0.15, -0.1) is 0 Å². The van der Waals surface area contributed by atoms with Gasteiger partial charge in [0.25, 0.3) is 5.56 Å². The van der Waals surface area contributed by atoms with Crippen molar-refractivity contribution in [1.82, 2.24) is 19.9 Å². The standard InChI is InChI=1S/C13H18N4O.C9H9N3O2.CH4.V/c1-3-4-8-15-12-11-9(16-13(14)17-12)6-5-7-10(11)18-2;1-14-6-4-2-3-5-7(6)8(13)12-9(10)11-5;;/h5-7H,3-4,8H2,1-2H3,(H3,14,15,16,17);2-4H,1H3,(H3,10,11,12,13);1H4;. The van der Waals surface area contributed by atoms with E-state index in [1.165, 1.54) is 7.11 Å². The number of nitrogen functional groups attached to an aromatic ring is 2. The van der Waals surface area contributed by atoms with Crippen LogP contribution in [0.1, 0.15) is 27.2 Å². The van der Waals surface area contributed by atoms with Crippen molar-refractivity contribution in [1.29, 1.82) is 0 Å². The molecule has 0 fully saturated rings. The second-order valence-electron chi connectivity index (χ2n) is 6.87. The fourth-order valence-electron chi connectivity index (χ4n) is 3.20. The van der Waals surface area contributed by atoms with E-state index >= 15 is 0 Å². The molecule has 0 atom stereocenters. The molecule has 34 heavy (non-hydrogen) atoms. The van der Waals surface area contributed by atoms with Gasteiger partial charge in [-0.05, 0) is 30.7 Å². The number of aromatic nitrogens is 4. The molecule has 0 saturated carbocycles. The van der Waals surface area contributed by atoms with Crippen LogP contribution < -0.4 is 31.8 Å². The number of unbranched alkanes of at least 4 members (excludes halogenated alkanes) is 1. The van der Waals surface area contributed by atoms with Crippen LogP contribution in [0.15, 0.2) is 41.2 Å². The Hall–Kier alpha value is -3.50. The molecule has 181 valence electrons. The SMILES string of the molecule is C.CCCCNc1nc(N)nc2cccc(OC)c12.COc1cccc2nc(N)[nH]c(=O)c12.[V]. The minimum absolute atomic E-state index is 0. The summed E-state index contributed by atoms with van der Waals surface area (Å²) < 4.78 is 10.4. The number of fused-ring (bicyclic) bond motifs is 2. The van der Waals surface area contributed by atoms with Gasteiger partial charge in [-0.3, -0.25) is 9.78 Å². The number of nitrogens with two attached hydrogens (primary N) is 2. The van der Waals surface area contributed by atoms with Crippen molar-refractivity contribution in [3.63, 3.8) is 0 Å². The first kappa shape index (κ1) is 28.5. The van der Waals surface area contributed by atoms with Crippen LogP contribution in [0.2, 0.25) is 0 Å². The van der Waals surface area contributed by atoms with Crippen molar-refractivity contribution < 1.29 is 28.0 Å². The van der Waals surface area contributed by atoms with Crippen LogP contribution in [0.4, 0.5) is 17.7 Å². The Labute approximate surface area is 210 Å². The van der Waals surface area contributed by atoms with E-state index in [1.54, 1.807) is 25.3 Å². The first-order valence-corrected chi connectivity index (χ1v) is 10.1. The molecule has 0 spiro atoms. The number of aromatic amines is 1. The first-order valence-electron chi connectivity index (χ1n) is 10.1. The van der Waals surface area contributed by atoms with E-state index in [9.17, 15) is 4.79 Å². The minimum atomic E-state index is -0.287. The van der Waals surface area contributed by atoms with Gasteiger partial charge in [-0.1, -0.05) is 32.9 Å². The Morgan fingerprint density at radius 2 is 1.53 bits per heavy atom. The predicted octanol–water partition coefficient (Wildman–Crippen LogP) is 3.58. The summed E-state index contributed by atoms with van der Waals surface area (Å²) in [6.07, 6.45) is 2.21. The van der Waals surface area contributed by atoms with Crippen molar-refractivity contribution in [3.8, 4) is 11.5 Å². The average molecular weight is 504 g/mol. The van der Waals surface area contributed by atoms with Crippen LogP contribution in [0.3, 0.4) is 0 Å². The number of H-pyrrole nitrogens is 1. The monoisotopic (exact) mass is 504 g/mol. The second-order valence-corrected chi connectivity index (χ2v) is 6.87. The summed E-state index contributed by atoms with van der Waals surface area (Å²) in [5.41, 5.74) is 12.2. The molecule has 0 unspecified atom stereocenters. The van der Waals surface area contributed by atoms with Gasteiger partial charge >= 0.3 is 0 Å². The smallest absolute Gasteiger partial charge is 0.263 e. The molecule has 2 aromatic heterocycles. The van der Waals surface area contributed by atoms with Gasteiger partial charge in [0, 0.05) is 25.1 Å². The maximum atomic E-state index is 11.5. The van der Waals surface area contributed by atoms with E-state index in [0.29, 0.717) is 16.7 Å². The molecule has 0 amide bonds. The van der Waals surface area contributed by atoms with Crippen molar-refractivity contribution in [2.75, 3.05) is 37.5 Å². The van der Waals surface area contributed by atoms with Crippen molar-refractivity contribution in [3.05, 3.63) is 46.8 Å². The molecule has 2 heterocycles. The Morgan fingerprint density at radius 3 is 2.12 bits per heavy atom. The molecule has 4 aromatic rings. The molecule has 4 rings (SSSR count). The molecular formula is C23H31N7O3V. The summed E-state index contributed by atoms with van der Waals surface area (Å²) >= 11 is 0. The Morgan fingerprint density at radius 1 is 0.941 bits per heavy atom. The van der Waals surface area contributed by atoms with Crippen LogP contribution in [0.25, 0.3) is 21.8 Å². The number of methoxy groups -OCH3 is 2. The molecule has 0 aliphatic heterocycles. The molecule has 11 heteroatoms. The van der Waals surface area contributed by atoms with E-state index in [0.717, 1.165) is 41.9 Å². The number of rotatable bonds is 6. The Kier molecular flexibility index (Phi) is 11.1. The van der Waals surface area contributed by atoms with Crippen LogP contribution >= 0.6 is 0 Å². The molecule has 0 bridgehead atoms. The fraction of sp³-hybridized carbons (Fsp3) is 0.304. The summed E-state index contributed by atoms with van der Waals surface area (Å²) in [5, 5.41) is 4.59. The van der Waals surface area contributed by atoms with Gasteiger partial charge < -0.3 is 26.3 Å². The van der Waals surface area contributed by atoms with Gasteiger partial charge in [-0.2, -0.15) is 4.98 Å². The number of ether oxygens (including phenoxy) is 2. The third kappa shape index (κ3) is 6.52. The maximum Gasteiger partial charge on any atom is 0.263 e. The van der Waals surface area contributed by atoms with Gasteiger partial charge in [-0.25, -0.2) is 9.97 Å². The zero-order valence-electron chi connectivity index (χ0n) is 18.8. The van der Waals surface area contributed by atoms with E-state index in [-0.39, 0.29) is 43.4 Å². The largest absolute Gasteiger partial charge is 0.496 e. The Balaban J connectivity index is 0.000000329. The molecule has 0 aliphatic rings. The number of nitrogens with one attached hydrogen (secondary N) is 2. The average Bonchev–Trinajstić information content (AvgIpc) is 2.78.